The van der Waals surface area contributed by atoms with Crippen molar-refractivity contribution in [2.45, 2.75) is 56.9 Å². The number of benzene rings is 2. The van der Waals surface area contributed by atoms with Gasteiger partial charge >= 0.3 is 0 Å². The van der Waals surface area contributed by atoms with Crippen molar-refractivity contribution < 1.29 is 13.2 Å². The van der Waals surface area contributed by atoms with Gasteiger partial charge in [0.1, 0.15) is 5.78 Å². The highest BCUT2D eigenvalue weighted by Gasteiger charge is 2.38. The fourth-order valence-electron chi connectivity index (χ4n) is 3.48. The topological polar surface area (TPSA) is 54.5 Å². The average molecular weight is 372 g/mol. The van der Waals surface area contributed by atoms with Gasteiger partial charge < -0.3 is 0 Å². The molecule has 1 heterocycles. The summed E-state index contributed by atoms with van der Waals surface area (Å²) in [4.78, 5) is 12.6. The third-order valence-electron chi connectivity index (χ3n) is 4.87. The summed E-state index contributed by atoms with van der Waals surface area (Å²) in [6, 6.07) is 14.1. The Labute approximate surface area is 155 Å². The van der Waals surface area contributed by atoms with E-state index in [1.807, 2.05) is 38.1 Å². The molecule has 0 bridgehead atoms. The predicted molar refractivity (Wildman–Crippen MR) is 104 cm³/mol. The number of nitrogens with zero attached hydrogens (tertiary/aromatic N) is 1. The van der Waals surface area contributed by atoms with Crippen molar-refractivity contribution >= 4 is 21.5 Å². The molecule has 138 valence electrons. The Morgan fingerprint density at radius 3 is 2.50 bits per heavy atom. The lowest BCUT2D eigenvalue weighted by molar-refractivity contribution is -0.119. The Morgan fingerprint density at radius 1 is 1.12 bits per heavy atom. The zero-order chi connectivity index (χ0) is 18.7. The summed E-state index contributed by atoms with van der Waals surface area (Å²) in [6.45, 7) is 3.98. The first-order chi connectivity index (χ1) is 12.4. The number of sulfonamides is 1. The smallest absolute Gasteiger partial charge is 0.264 e. The first kappa shape index (κ1) is 18.6. The number of rotatable bonds is 7. The highest BCUT2D eigenvalue weighted by atomic mass is 32.2. The molecular weight excluding hydrogens is 346 g/mol. The van der Waals surface area contributed by atoms with Crippen LogP contribution in [0.5, 0.6) is 0 Å². The minimum atomic E-state index is -3.70. The lowest BCUT2D eigenvalue weighted by atomic mass is 10.0. The van der Waals surface area contributed by atoms with Gasteiger partial charge in [0.2, 0.25) is 0 Å². The van der Waals surface area contributed by atoms with Crippen LogP contribution in [0.2, 0.25) is 0 Å². The number of hydrogen-bond acceptors (Lipinski definition) is 3. The van der Waals surface area contributed by atoms with Crippen LogP contribution in [0.3, 0.4) is 0 Å². The summed E-state index contributed by atoms with van der Waals surface area (Å²) in [5.74, 6) is 0.133. The monoisotopic (exact) mass is 371 g/mol. The van der Waals surface area contributed by atoms with E-state index in [1.54, 1.807) is 24.3 Å². The number of fused-ring (bicyclic) bond motifs is 1. The third kappa shape index (κ3) is 3.68. The van der Waals surface area contributed by atoms with Gasteiger partial charge in [-0.1, -0.05) is 49.2 Å². The molecule has 0 radical (unpaired) electrons. The zero-order valence-corrected chi connectivity index (χ0v) is 16.1. The van der Waals surface area contributed by atoms with Crippen LogP contribution in [0, 0.1) is 6.92 Å². The van der Waals surface area contributed by atoms with Crippen LogP contribution >= 0.6 is 0 Å². The van der Waals surface area contributed by atoms with Crippen molar-refractivity contribution in [3.05, 3.63) is 59.7 Å². The van der Waals surface area contributed by atoms with E-state index in [-0.39, 0.29) is 23.1 Å². The second-order valence-electron chi connectivity index (χ2n) is 6.95. The third-order valence-corrected chi connectivity index (χ3v) is 6.75. The number of Topliss-reactive ketones (excluding diaryl/α,β-unsaturated/α-hetero) is 1. The molecule has 1 aliphatic rings. The lowest BCUT2D eigenvalue weighted by Gasteiger charge is -2.27. The van der Waals surface area contributed by atoms with Crippen molar-refractivity contribution in [3.63, 3.8) is 0 Å². The average Bonchev–Trinajstić information content (AvgIpc) is 2.98. The van der Waals surface area contributed by atoms with Crippen LogP contribution in [0.25, 0.3) is 0 Å². The van der Waals surface area contributed by atoms with Crippen molar-refractivity contribution in [3.8, 4) is 0 Å². The number of carbonyl (C=O) groups excluding carboxylic acids is 1. The molecular formula is C21H25NO3S. The first-order valence-corrected chi connectivity index (χ1v) is 10.6. The number of hydrogen-bond donors (Lipinski definition) is 0. The first-order valence-electron chi connectivity index (χ1n) is 9.14. The van der Waals surface area contributed by atoms with Crippen LogP contribution in [0.4, 0.5) is 5.69 Å². The number of unbranched alkanes of at least 4 members (excludes halogenated alkanes) is 1. The van der Waals surface area contributed by atoms with Crippen LogP contribution < -0.4 is 4.31 Å². The van der Waals surface area contributed by atoms with Crippen LogP contribution in [-0.4, -0.2) is 20.2 Å². The second kappa shape index (κ2) is 7.62. The lowest BCUT2D eigenvalue weighted by Crippen LogP contribution is -2.39. The van der Waals surface area contributed by atoms with Crippen molar-refractivity contribution in [1.29, 1.82) is 0 Å². The molecule has 0 saturated heterocycles. The highest BCUT2D eigenvalue weighted by Crippen LogP contribution is 2.38. The van der Waals surface area contributed by atoms with Crippen LogP contribution in [0.15, 0.2) is 53.4 Å². The van der Waals surface area contributed by atoms with Crippen molar-refractivity contribution in [2.24, 2.45) is 0 Å². The maximum absolute atomic E-state index is 13.3. The molecule has 5 heteroatoms. The van der Waals surface area contributed by atoms with E-state index in [1.165, 1.54) is 4.31 Å². The number of aryl methyl sites for hydroxylation is 1. The van der Waals surface area contributed by atoms with Gasteiger partial charge in [0.15, 0.2) is 0 Å². The largest absolute Gasteiger partial charge is 0.300 e. The minimum Gasteiger partial charge on any atom is -0.300 e. The number of ketones is 1. The normalized spacial score (nSPS) is 16.5. The summed E-state index contributed by atoms with van der Waals surface area (Å²) in [5, 5.41) is 0. The van der Waals surface area contributed by atoms with Gasteiger partial charge in [-0.2, -0.15) is 0 Å². The van der Waals surface area contributed by atoms with E-state index in [9.17, 15) is 13.2 Å². The van der Waals surface area contributed by atoms with E-state index in [2.05, 4.69) is 0 Å². The summed E-state index contributed by atoms with van der Waals surface area (Å²) in [7, 11) is -3.70. The van der Waals surface area contributed by atoms with Gasteiger partial charge in [0.05, 0.1) is 16.6 Å². The van der Waals surface area contributed by atoms with E-state index < -0.39 is 10.0 Å². The molecule has 0 spiro atoms. The summed E-state index contributed by atoms with van der Waals surface area (Å²) in [6.07, 6.45) is 3.17. The van der Waals surface area contributed by atoms with Gasteiger partial charge in [0.25, 0.3) is 10.0 Å². The fraction of sp³-hybridized carbons (Fsp3) is 0.381. The SMILES string of the molecule is CCCCC(=O)CC1Cc2ccccc2N1S(=O)(=O)c1ccc(C)cc1. The van der Waals surface area contributed by atoms with E-state index in [4.69, 9.17) is 0 Å². The Morgan fingerprint density at radius 2 is 1.81 bits per heavy atom. The Balaban J connectivity index is 1.96. The summed E-state index contributed by atoms with van der Waals surface area (Å²) in [5.41, 5.74) is 2.69. The van der Waals surface area contributed by atoms with Gasteiger partial charge in [-0.05, 0) is 43.5 Å². The van der Waals surface area contributed by atoms with Gasteiger partial charge in [-0.15, -0.1) is 0 Å². The van der Waals surface area contributed by atoms with Crippen molar-refractivity contribution in [1.82, 2.24) is 0 Å². The Bertz CT molecular complexity index is 888. The second-order valence-corrected chi connectivity index (χ2v) is 8.76. The maximum atomic E-state index is 13.3. The number of anilines is 1. The maximum Gasteiger partial charge on any atom is 0.264 e. The molecule has 0 aromatic heterocycles. The van der Waals surface area contributed by atoms with E-state index >= 15 is 0 Å². The fourth-order valence-corrected chi connectivity index (χ4v) is 5.16. The van der Waals surface area contributed by atoms with Crippen LogP contribution in [0.1, 0.15) is 43.7 Å². The molecule has 1 unspecified atom stereocenters. The van der Waals surface area contributed by atoms with Crippen molar-refractivity contribution in [2.75, 3.05) is 4.31 Å². The molecule has 0 aliphatic carbocycles. The van der Waals surface area contributed by atoms with E-state index in [0.717, 1.165) is 24.0 Å². The quantitative estimate of drug-likeness (QED) is 0.730. The molecule has 0 amide bonds. The Kier molecular flexibility index (Phi) is 5.47. The Hall–Kier alpha value is -2.14. The standard InChI is InChI=1S/C21H25NO3S/c1-3-4-8-19(23)15-18-14-17-7-5-6-9-21(17)22(18)26(24,25)20-12-10-16(2)11-13-20/h5-7,9-13,18H,3-4,8,14-15H2,1-2H3. The highest BCUT2D eigenvalue weighted by molar-refractivity contribution is 7.92. The van der Waals surface area contributed by atoms with E-state index in [0.29, 0.717) is 18.5 Å². The molecule has 2 aromatic carbocycles. The van der Waals surface area contributed by atoms with Crippen LogP contribution in [-0.2, 0) is 21.2 Å². The molecule has 3 rings (SSSR count). The molecule has 0 N–H and O–H groups in total. The molecule has 2 aromatic rings. The number of para-hydroxylation sites is 1. The molecule has 4 nitrogen and oxygen atoms in total. The number of carbonyl (C=O) groups is 1. The summed E-state index contributed by atoms with van der Waals surface area (Å²) >= 11 is 0. The zero-order valence-electron chi connectivity index (χ0n) is 15.3. The molecule has 0 saturated carbocycles. The minimum absolute atomic E-state index is 0.133. The molecule has 1 atom stereocenters. The summed E-state index contributed by atoms with van der Waals surface area (Å²) < 4.78 is 28.1. The van der Waals surface area contributed by atoms with Gasteiger partial charge in [-0.3, -0.25) is 9.10 Å². The van der Waals surface area contributed by atoms with Gasteiger partial charge in [0, 0.05) is 12.8 Å². The predicted octanol–water partition coefficient (Wildman–Crippen LogP) is 4.26. The van der Waals surface area contributed by atoms with Gasteiger partial charge in [-0.25, -0.2) is 8.42 Å². The molecule has 1 aliphatic heterocycles. The molecule has 0 fully saturated rings. The molecule has 26 heavy (non-hydrogen) atoms.